The molecule has 0 fully saturated rings. The smallest absolute Gasteiger partial charge is 0.341 e. The molecular weight excluding hydrogens is 382 g/mol. The van der Waals surface area contributed by atoms with E-state index < -0.39 is 29.6 Å². The zero-order valence-corrected chi connectivity index (χ0v) is 15.4. The first-order valence-electron chi connectivity index (χ1n) is 8.76. The lowest BCUT2D eigenvalue weighted by Crippen LogP contribution is -2.30. The van der Waals surface area contributed by atoms with Crippen LogP contribution in [0.2, 0.25) is 0 Å². The Kier molecular flexibility index (Phi) is 6.23. The summed E-state index contributed by atoms with van der Waals surface area (Å²) in [5.74, 6) is -2.36. The van der Waals surface area contributed by atoms with Gasteiger partial charge in [-0.25, -0.2) is 13.6 Å². The Morgan fingerprint density at radius 1 is 1.07 bits per heavy atom. The molecule has 0 spiro atoms. The molecule has 0 radical (unpaired) electrons. The van der Waals surface area contributed by atoms with Gasteiger partial charge >= 0.3 is 5.97 Å². The van der Waals surface area contributed by atoms with Gasteiger partial charge in [-0.15, -0.1) is 0 Å². The van der Waals surface area contributed by atoms with Crippen LogP contribution in [0.5, 0.6) is 0 Å². The molecule has 0 saturated heterocycles. The van der Waals surface area contributed by atoms with Crippen LogP contribution in [0.15, 0.2) is 65.3 Å². The van der Waals surface area contributed by atoms with Crippen molar-refractivity contribution in [2.75, 3.05) is 10.6 Å². The summed E-state index contributed by atoms with van der Waals surface area (Å²) >= 11 is 0. The van der Waals surface area contributed by atoms with Gasteiger partial charge in [0.15, 0.2) is 6.10 Å². The molecule has 150 valence electrons. The number of esters is 1. The predicted octanol–water partition coefficient (Wildman–Crippen LogP) is 4.35. The van der Waals surface area contributed by atoms with Crippen LogP contribution in [0.25, 0.3) is 0 Å². The molecule has 1 atom stereocenters. The molecule has 2 aromatic carbocycles. The minimum absolute atomic E-state index is 0.218. The zero-order chi connectivity index (χ0) is 20.8. The first kappa shape index (κ1) is 20.1. The summed E-state index contributed by atoms with van der Waals surface area (Å²) in [7, 11) is 0. The first-order chi connectivity index (χ1) is 13.9. The van der Waals surface area contributed by atoms with Crippen molar-refractivity contribution in [2.45, 2.75) is 19.6 Å². The minimum atomic E-state index is -1.23. The summed E-state index contributed by atoms with van der Waals surface area (Å²) in [5, 5.41) is 5.27. The predicted molar refractivity (Wildman–Crippen MR) is 102 cm³/mol. The number of ether oxygens (including phenoxy) is 1. The van der Waals surface area contributed by atoms with Gasteiger partial charge in [-0.3, -0.25) is 4.79 Å². The maximum Gasteiger partial charge on any atom is 0.341 e. The Balaban J connectivity index is 1.64. The lowest BCUT2D eigenvalue weighted by atomic mass is 10.1. The Morgan fingerprint density at radius 2 is 1.86 bits per heavy atom. The zero-order valence-electron chi connectivity index (χ0n) is 15.4. The molecule has 0 saturated carbocycles. The van der Waals surface area contributed by atoms with Gasteiger partial charge in [0.25, 0.3) is 5.91 Å². The van der Waals surface area contributed by atoms with Crippen LogP contribution in [-0.4, -0.2) is 18.0 Å². The van der Waals surface area contributed by atoms with Gasteiger partial charge in [0.05, 0.1) is 24.1 Å². The molecule has 6 nitrogen and oxygen atoms in total. The van der Waals surface area contributed by atoms with E-state index in [1.807, 2.05) is 0 Å². The van der Waals surface area contributed by atoms with Crippen molar-refractivity contribution in [2.24, 2.45) is 0 Å². The van der Waals surface area contributed by atoms with Crippen molar-refractivity contribution in [3.63, 3.8) is 0 Å². The Morgan fingerprint density at radius 3 is 2.62 bits per heavy atom. The summed E-state index contributed by atoms with van der Waals surface area (Å²) in [4.78, 5) is 24.7. The number of benzene rings is 2. The summed E-state index contributed by atoms with van der Waals surface area (Å²) in [6.07, 6.45) is 0.308. The van der Waals surface area contributed by atoms with Crippen molar-refractivity contribution in [3.8, 4) is 0 Å². The second-order valence-corrected chi connectivity index (χ2v) is 6.14. The quantitative estimate of drug-likeness (QED) is 0.576. The first-order valence-corrected chi connectivity index (χ1v) is 8.76. The molecule has 2 N–H and O–H groups in total. The number of halogens is 2. The number of hydrogen-bond donors (Lipinski definition) is 2. The maximum absolute atomic E-state index is 13.7. The third-order valence-electron chi connectivity index (χ3n) is 4.02. The number of hydrogen-bond acceptors (Lipinski definition) is 5. The summed E-state index contributed by atoms with van der Waals surface area (Å²) < 4.78 is 37.3. The van der Waals surface area contributed by atoms with E-state index in [1.165, 1.54) is 6.92 Å². The van der Waals surface area contributed by atoms with E-state index in [2.05, 4.69) is 10.6 Å². The molecule has 0 bridgehead atoms. The molecule has 1 aromatic heterocycles. The number of amides is 1. The Labute approximate surface area is 165 Å². The van der Waals surface area contributed by atoms with Gasteiger partial charge in [-0.2, -0.15) is 0 Å². The SMILES string of the molecule is C[C@H](OC(=O)c1ccccc1NCc1ccco1)C(=O)Nc1cc(F)ccc1F. The molecule has 29 heavy (non-hydrogen) atoms. The average Bonchev–Trinajstić information content (AvgIpc) is 3.23. The maximum atomic E-state index is 13.7. The normalized spacial score (nSPS) is 11.6. The fourth-order valence-electron chi connectivity index (χ4n) is 2.52. The fourth-order valence-corrected chi connectivity index (χ4v) is 2.52. The van der Waals surface area contributed by atoms with Gasteiger partial charge < -0.3 is 19.8 Å². The van der Waals surface area contributed by atoms with Crippen LogP contribution in [0.1, 0.15) is 23.0 Å². The highest BCUT2D eigenvalue weighted by Crippen LogP contribution is 2.19. The van der Waals surface area contributed by atoms with Gasteiger partial charge in [0, 0.05) is 11.8 Å². The molecule has 0 aliphatic rings. The summed E-state index contributed by atoms with van der Waals surface area (Å²) in [6, 6.07) is 12.8. The molecule has 3 rings (SSSR count). The standard InChI is InChI=1S/C21H18F2N2O4/c1-13(20(26)25-19-11-14(22)8-9-17(19)23)29-21(27)16-6-2-3-7-18(16)24-12-15-5-4-10-28-15/h2-11,13,24H,12H2,1H3,(H,25,26)/t13-/m0/s1. The van der Waals surface area contributed by atoms with Crippen molar-refractivity contribution in [1.82, 2.24) is 0 Å². The molecule has 0 unspecified atom stereocenters. The topological polar surface area (TPSA) is 80.6 Å². The lowest BCUT2D eigenvalue weighted by Gasteiger charge is -2.16. The molecule has 1 amide bonds. The van der Waals surface area contributed by atoms with E-state index >= 15 is 0 Å². The third kappa shape index (κ3) is 5.19. The van der Waals surface area contributed by atoms with Gasteiger partial charge in [-0.1, -0.05) is 12.1 Å². The Hall–Kier alpha value is -3.68. The lowest BCUT2D eigenvalue weighted by molar-refractivity contribution is -0.123. The number of carbonyl (C=O) groups excluding carboxylic acids is 2. The number of anilines is 2. The fraction of sp³-hybridized carbons (Fsp3) is 0.143. The van der Waals surface area contributed by atoms with E-state index in [-0.39, 0.29) is 11.3 Å². The third-order valence-corrected chi connectivity index (χ3v) is 4.02. The molecule has 0 aliphatic carbocycles. The second kappa shape index (κ2) is 9.01. The van der Waals surface area contributed by atoms with Gasteiger partial charge in [-0.05, 0) is 43.3 Å². The minimum Gasteiger partial charge on any atom is -0.467 e. The van der Waals surface area contributed by atoms with Gasteiger partial charge in [0.1, 0.15) is 17.4 Å². The van der Waals surface area contributed by atoms with Crippen LogP contribution in [0.4, 0.5) is 20.2 Å². The van der Waals surface area contributed by atoms with E-state index in [4.69, 9.17) is 9.15 Å². The molecule has 8 heteroatoms. The van der Waals surface area contributed by atoms with E-state index in [0.29, 0.717) is 18.0 Å². The number of rotatable bonds is 7. The van der Waals surface area contributed by atoms with Crippen LogP contribution in [-0.2, 0) is 16.1 Å². The van der Waals surface area contributed by atoms with E-state index in [9.17, 15) is 18.4 Å². The Bertz CT molecular complexity index is 1010. The monoisotopic (exact) mass is 400 g/mol. The molecule has 0 aliphatic heterocycles. The highest BCUT2D eigenvalue weighted by molar-refractivity contribution is 5.99. The van der Waals surface area contributed by atoms with Crippen LogP contribution in [0.3, 0.4) is 0 Å². The van der Waals surface area contributed by atoms with Crippen molar-refractivity contribution >= 4 is 23.3 Å². The highest BCUT2D eigenvalue weighted by atomic mass is 19.1. The highest BCUT2D eigenvalue weighted by Gasteiger charge is 2.22. The van der Waals surface area contributed by atoms with Crippen LogP contribution < -0.4 is 10.6 Å². The largest absolute Gasteiger partial charge is 0.467 e. The van der Waals surface area contributed by atoms with Crippen LogP contribution >= 0.6 is 0 Å². The number of carbonyl (C=O) groups is 2. The van der Waals surface area contributed by atoms with E-state index in [0.717, 1.165) is 18.2 Å². The summed E-state index contributed by atoms with van der Waals surface area (Å²) in [6.45, 7) is 1.69. The molecule has 1 heterocycles. The van der Waals surface area contributed by atoms with Crippen molar-refractivity contribution in [1.29, 1.82) is 0 Å². The van der Waals surface area contributed by atoms with Crippen molar-refractivity contribution in [3.05, 3.63) is 83.8 Å². The number of furan rings is 1. The average molecular weight is 400 g/mol. The number of para-hydroxylation sites is 1. The van der Waals surface area contributed by atoms with Gasteiger partial charge in [0.2, 0.25) is 0 Å². The molecule has 3 aromatic rings. The summed E-state index contributed by atoms with van der Waals surface area (Å²) in [5.41, 5.74) is 0.381. The van der Waals surface area contributed by atoms with E-state index in [1.54, 1.807) is 42.7 Å². The van der Waals surface area contributed by atoms with Crippen LogP contribution in [0, 0.1) is 11.6 Å². The number of nitrogens with one attached hydrogen (secondary N) is 2. The molecular formula is C21H18F2N2O4. The van der Waals surface area contributed by atoms with Crippen molar-refractivity contribution < 1.29 is 27.5 Å². The second-order valence-electron chi connectivity index (χ2n) is 6.14.